The highest BCUT2D eigenvalue weighted by Crippen LogP contribution is 2.29. The molecule has 170 valence electrons. The molecule has 0 aliphatic carbocycles. The maximum atomic E-state index is 12.2. The van der Waals surface area contributed by atoms with Crippen LogP contribution in [0.3, 0.4) is 0 Å². The molecule has 0 spiro atoms. The van der Waals surface area contributed by atoms with Gasteiger partial charge in [0.15, 0.2) is 11.5 Å². The fourth-order valence-electron chi connectivity index (χ4n) is 3.01. The van der Waals surface area contributed by atoms with Crippen molar-refractivity contribution >= 4 is 40.5 Å². The average molecular weight is 466 g/mol. The fraction of sp³-hybridized carbons (Fsp3) is 0.167. The van der Waals surface area contributed by atoms with Crippen LogP contribution in [0.15, 0.2) is 59.0 Å². The van der Waals surface area contributed by atoms with Crippen molar-refractivity contribution in [3.8, 4) is 11.5 Å². The summed E-state index contributed by atoms with van der Waals surface area (Å²) in [6.45, 7) is 5.46. The van der Waals surface area contributed by atoms with Crippen LogP contribution in [0.2, 0.25) is 0 Å². The Morgan fingerprint density at radius 3 is 2.30 bits per heavy atom. The monoisotopic (exact) mass is 465 g/mol. The van der Waals surface area contributed by atoms with Gasteiger partial charge in [0, 0.05) is 11.3 Å². The van der Waals surface area contributed by atoms with Crippen molar-refractivity contribution < 1.29 is 23.9 Å². The average Bonchev–Trinajstić information content (AvgIpc) is 3.32. The number of nitrogens with one attached hydrogen (secondary N) is 2. The molecule has 2 aromatic carbocycles. The molecule has 0 aliphatic rings. The molecule has 9 heteroatoms. The van der Waals surface area contributed by atoms with E-state index >= 15 is 0 Å². The molecule has 3 rings (SSSR count). The maximum absolute atomic E-state index is 12.2. The number of amides is 2. The SMILES string of the molecule is COc1cc(/C(C)=N/NC(=O)C(=O)Nc2cc(C)cc(C)c2)ccc1OC(=O)c1cccs1. The van der Waals surface area contributed by atoms with E-state index in [0.717, 1.165) is 11.1 Å². The summed E-state index contributed by atoms with van der Waals surface area (Å²) in [4.78, 5) is 37.0. The number of aryl methyl sites for hydroxylation is 2. The van der Waals surface area contributed by atoms with Gasteiger partial charge in [0.25, 0.3) is 0 Å². The normalized spacial score (nSPS) is 11.0. The molecule has 0 unspecified atom stereocenters. The van der Waals surface area contributed by atoms with Gasteiger partial charge in [0.05, 0.1) is 12.8 Å². The Hall–Kier alpha value is -3.98. The third kappa shape index (κ3) is 6.27. The van der Waals surface area contributed by atoms with Crippen molar-refractivity contribution in [1.29, 1.82) is 0 Å². The number of hydrogen-bond donors (Lipinski definition) is 2. The molecular weight excluding hydrogens is 442 g/mol. The number of anilines is 1. The Morgan fingerprint density at radius 1 is 0.939 bits per heavy atom. The molecule has 1 aromatic heterocycles. The third-order valence-electron chi connectivity index (χ3n) is 4.52. The van der Waals surface area contributed by atoms with Gasteiger partial charge in [-0.3, -0.25) is 9.59 Å². The minimum absolute atomic E-state index is 0.254. The second-order valence-electron chi connectivity index (χ2n) is 7.20. The molecule has 2 amide bonds. The van der Waals surface area contributed by atoms with Gasteiger partial charge < -0.3 is 14.8 Å². The zero-order valence-corrected chi connectivity index (χ0v) is 19.4. The largest absolute Gasteiger partial charge is 0.493 e. The predicted octanol–water partition coefficient (Wildman–Crippen LogP) is 4.07. The van der Waals surface area contributed by atoms with Crippen LogP contribution in [0.1, 0.15) is 33.3 Å². The number of benzene rings is 2. The van der Waals surface area contributed by atoms with Crippen molar-refractivity contribution in [2.75, 3.05) is 12.4 Å². The van der Waals surface area contributed by atoms with E-state index in [0.29, 0.717) is 27.6 Å². The molecule has 0 atom stereocenters. The summed E-state index contributed by atoms with van der Waals surface area (Å²) >= 11 is 1.28. The lowest BCUT2D eigenvalue weighted by molar-refractivity contribution is -0.136. The lowest BCUT2D eigenvalue weighted by atomic mass is 10.1. The summed E-state index contributed by atoms with van der Waals surface area (Å²) in [6, 6.07) is 13.8. The van der Waals surface area contributed by atoms with Crippen LogP contribution in [-0.2, 0) is 9.59 Å². The van der Waals surface area contributed by atoms with Crippen molar-refractivity contribution in [3.63, 3.8) is 0 Å². The van der Waals surface area contributed by atoms with Gasteiger partial charge in [-0.25, -0.2) is 10.2 Å². The quantitative estimate of drug-likeness (QED) is 0.188. The number of methoxy groups -OCH3 is 1. The van der Waals surface area contributed by atoms with Crippen molar-refractivity contribution in [1.82, 2.24) is 5.43 Å². The summed E-state index contributed by atoms with van der Waals surface area (Å²) in [5, 5.41) is 8.33. The van der Waals surface area contributed by atoms with Gasteiger partial charge in [-0.1, -0.05) is 12.1 Å². The Labute approximate surface area is 195 Å². The van der Waals surface area contributed by atoms with Crippen LogP contribution in [0.25, 0.3) is 0 Å². The topological polar surface area (TPSA) is 106 Å². The maximum Gasteiger partial charge on any atom is 0.353 e. The van der Waals surface area contributed by atoms with Crippen LogP contribution in [-0.4, -0.2) is 30.6 Å². The molecule has 0 saturated carbocycles. The lowest BCUT2D eigenvalue weighted by Crippen LogP contribution is -2.33. The van der Waals surface area contributed by atoms with Crippen molar-refractivity contribution in [3.05, 3.63) is 75.5 Å². The first kappa shape index (κ1) is 23.7. The Morgan fingerprint density at radius 2 is 1.67 bits per heavy atom. The summed E-state index contributed by atoms with van der Waals surface area (Å²) in [7, 11) is 1.45. The first-order valence-electron chi connectivity index (χ1n) is 9.95. The number of carbonyl (C=O) groups is 3. The van der Waals surface area contributed by atoms with E-state index in [-0.39, 0.29) is 5.75 Å². The molecule has 1 heterocycles. The smallest absolute Gasteiger partial charge is 0.353 e. The van der Waals surface area contributed by atoms with Gasteiger partial charge in [-0.2, -0.15) is 5.10 Å². The number of ether oxygens (including phenoxy) is 2. The van der Waals surface area contributed by atoms with Crippen molar-refractivity contribution in [2.24, 2.45) is 5.10 Å². The van der Waals surface area contributed by atoms with E-state index in [2.05, 4.69) is 15.8 Å². The second kappa shape index (κ2) is 10.6. The van der Waals surface area contributed by atoms with E-state index in [1.54, 1.807) is 54.8 Å². The number of hydrogen-bond acceptors (Lipinski definition) is 7. The summed E-state index contributed by atoms with van der Waals surface area (Å²) < 4.78 is 10.7. The summed E-state index contributed by atoms with van der Waals surface area (Å²) in [5.74, 6) is -1.63. The zero-order valence-electron chi connectivity index (χ0n) is 18.6. The lowest BCUT2D eigenvalue weighted by Gasteiger charge is -2.11. The Kier molecular flexibility index (Phi) is 7.57. The molecular formula is C24H23N3O5S. The van der Waals surface area contributed by atoms with Gasteiger partial charge in [0.2, 0.25) is 0 Å². The fourth-order valence-corrected chi connectivity index (χ4v) is 3.61. The van der Waals surface area contributed by atoms with Crippen LogP contribution >= 0.6 is 11.3 Å². The molecule has 0 radical (unpaired) electrons. The Bertz CT molecular complexity index is 1200. The molecule has 8 nitrogen and oxygen atoms in total. The van der Waals surface area contributed by atoms with E-state index in [4.69, 9.17) is 9.47 Å². The summed E-state index contributed by atoms with van der Waals surface area (Å²) in [5.41, 5.74) is 5.76. The van der Waals surface area contributed by atoms with Gasteiger partial charge in [0.1, 0.15) is 4.88 Å². The minimum Gasteiger partial charge on any atom is -0.493 e. The van der Waals surface area contributed by atoms with Crippen molar-refractivity contribution in [2.45, 2.75) is 20.8 Å². The van der Waals surface area contributed by atoms with Gasteiger partial charge in [-0.05, 0) is 73.7 Å². The predicted molar refractivity (Wildman–Crippen MR) is 127 cm³/mol. The molecule has 33 heavy (non-hydrogen) atoms. The molecule has 3 aromatic rings. The van der Waals surface area contributed by atoms with Crippen LogP contribution < -0.4 is 20.2 Å². The number of thiophene rings is 1. The standard InChI is InChI=1S/C24H23N3O5S/c1-14-10-15(2)12-18(11-14)25-22(28)23(29)27-26-16(3)17-7-8-19(20(13-17)31-4)32-24(30)21-6-5-9-33-21/h5-13H,1-4H3,(H,25,28)(H,27,29)/b26-16+. The minimum atomic E-state index is -0.901. The molecule has 2 N–H and O–H groups in total. The highest BCUT2D eigenvalue weighted by atomic mass is 32.1. The number of esters is 1. The molecule has 0 aliphatic heterocycles. The van der Waals surface area contributed by atoms with E-state index in [9.17, 15) is 14.4 Å². The number of carbonyl (C=O) groups excluding carboxylic acids is 3. The van der Waals surface area contributed by atoms with Gasteiger partial charge in [-0.15, -0.1) is 11.3 Å². The summed E-state index contributed by atoms with van der Waals surface area (Å²) in [6.07, 6.45) is 0. The van der Waals surface area contributed by atoms with E-state index in [1.807, 2.05) is 19.9 Å². The second-order valence-corrected chi connectivity index (χ2v) is 8.15. The number of nitrogens with zero attached hydrogens (tertiary/aromatic N) is 1. The number of hydrazone groups is 1. The molecule has 0 bridgehead atoms. The van der Waals surface area contributed by atoms with Crippen LogP contribution in [0.4, 0.5) is 5.69 Å². The van der Waals surface area contributed by atoms with Crippen LogP contribution in [0, 0.1) is 13.8 Å². The van der Waals surface area contributed by atoms with Crippen LogP contribution in [0.5, 0.6) is 11.5 Å². The third-order valence-corrected chi connectivity index (χ3v) is 5.37. The van der Waals surface area contributed by atoms with E-state index in [1.165, 1.54) is 18.4 Å². The first-order valence-corrected chi connectivity index (χ1v) is 10.8. The van der Waals surface area contributed by atoms with Gasteiger partial charge >= 0.3 is 17.8 Å². The highest BCUT2D eigenvalue weighted by Gasteiger charge is 2.16. The number of rotatable bonds is 6. The first-order chi connectivity index (χ1) is 15.8. The molecule has 0 fully saturated rings. The molecule has 0 saturated heterocycles. The zero-order chi connectivity index (χ0) is 24.0. The highest BCUT2D eigenvalue weighted by molar-refractivity contribution is 7.12. The van der Waals surface area contributed by atoms with E-state index < -0.39 is 17.8 Å². The Balaban J connectivity index is 1.66.